The third kappa shape index (κ3) is 7.98. The average Bonchev–Trinajstić information content (AvgIpc) is 1.63. The van der Waals surface area contributed by atoms with E-state index in [0.29, 0.717) is 12.7 Å². The molecule has 0 bridgehead atoms. The van der Waals surface area contributed by atoms with E-state index in [1.807, 2.05) is 20.8 Å². The second kappa shape index (κ2) is 3.90. The quantitative estimate of drug-likeness (QED) is 0.438. The molecule has 9 heavy (non-hydrogen) atoms. The first-order chi connectivity index (χ1) is 4.06. The molecular formula is C6H14O2Si. The Morgan fingerprint density at radius 2 is 2.00 bits per heavy atom. The molecule has 0 saturated carbocycles. The van der Waals surface area contributed by atoms with Crippen molar-refractivity contribution >= 4 is 9.41 Å². The van der Waals surface area contributed by atoms with E-state index in [2.05, 4.69) is 0 Å². The van der Waals surface area contributed by atoms with Crippen LogP contribution in [0.5, 0.6) is 0 Å². The Morgan fingerprint density at radius 1 is 1.44 bits per heavy atom. The van der Waals surface area contributed by atoms with Crippen molar-refractivity contribution in [3.05, 3.63) is 0 Å². The number of hydrogen-bond acceptors (Lipinski definition) is 2. The SMILES string of the molecule is CC(C)(C)OCC[SiH]=O. The average molecular weight is 146 g/mol. The van der Waals surface area contributed by atoms with Crippen molar-refractivity contribution in [1.29, 1.82) is 0 Å². The van der Waals surface area contributed by atoms with Crippen molar-refractivity contribution < 1.29 is 9.20 Å². The van der Waals surface area contributed by atoms with Gasteiger partial charge in [0.15, 0.2) is 0 Å². The third-order valence-electron chi connectivity index (χ3n) is 0.771. The van der Waals surface area contributed by atoms with Gasteiger partial charge in [-0.1, -0.05) is 0 Å². The third-order valence-corrected chi connectivity index (χ3v) is 1.24. The molecule has 0 fully saturated rings. The molecule has 2 nitrogen and oxygen atoms in total. The molecule has 0 rings (SSSR count). The molecule has 0 saturated heterocycles. The molecular weight excluding hydrogens is 132 g/mol. The van der Waals surface area contributed by atoms with E-state index >= 15 is 0 Å². The maximum absolute atomic E-state index is 10.0. The fraction of sp³-hybridized carbons (Fsp3) is 1.00. The van der Waals surface area contributed by atoms with Crippen molar-refractivity contribution in [3.63, 3.8) is 0 Å². The van der Waals surface area contributed by atoms with Crippen LogP contribution in [0.3, 0.4) is 0 Å². The normalized spacial score (nSPS) is 11.4. The van der Waals surface area contributed by atoms with Crippen LogP contribution in [-0.2, 0) is 9.20 Å². The Morgan fingerprint density at radius 3 is 2.33 bits per heavy atom. The number of hydrogen-bond donors (Lipinski definition) is 0. The van der Waals surface area contributed by atoms with Gasteiger partial charge >= 0.3 is 0 Å². The van der Waals surface area contributed by atoms with Crippen LogP contribution < -0.4 is 0 Å². The summed E-state index contributed by atoms with van der Waals surface area (Å²) in [6.07, 6.45) is 0. The summed E-state index contributed by atoms with van der Waals surface area (Å²) in [5.74, 6) is 0. The van der Waals surface area contributed by atoms with Crippen LogP contribution in [0.15, 0.2) is 0 Å². The van der Waals surface area contributed by atoms with Gasteiger partial charge in [0.05, 0.1) is 12.2 Å². The molecule has 0 aliphatic heterocycles. The summed E-state index contributed by atoms with van der Waals surface area (Å²) in [6.45, 7) is 6.61. The minimum absolute atomic E-state index is 0.0748. The zero-order valence-corrected chi connectivity index (χ0v) is 7.46. The van der Waals surface area contributed by atoms with E-state index in [1.54, 1.807) is 0 Å². The van der Waals surface area contributed by atoms with Crippen LogP contribution in [0.1, 0.15) is 20.8 Å². The minimum atomic E-state index is -0.631. The van der Waals surface area contributed by atoms with Crippen LogP contribution in [-0.4, -0.2) is 21.6 Å². The maximum Gasteiger partial charge on any atom is 0.263 e. The minimum Gasteiger partial charge on any atom is -0.392 e. The molecule has 0 atom stereocenters. The first-order valence-electron chi connectivity index (χ1n) is 3.14. The van der Waals surface area contributed by atoms with Gasteiger partial charge in [-0.05, 0) is 20.8 Å². The Balaban J connectivity index is 3.17. The van der Waals surface area contributed by atoms with E-state index in [9.17, 15) is 4.46 Å². The van der Waals surface area contributed by atoms with E-state index in [1.165, 1.54) is 0 Å². The van der Waals surface area contributed by atoms with Crippen LogP contribution in [0, 0.1) is 0 Å². The number of ether oxygens (including phenoxy) is 1. The maximum atomic E-state index is 10.0. The molecule has 0 aromatic carbocycles. The summed E-state index contributed by atoms with van der Waals surface area (Å²) in [5, 5.41) is 0. The topological polar surface area (TPSA) is 26.3 Å². The summed E-state index contributed by atoms with van der Waals surface area (Å²) >= 11 is 0. The van der Waals surface area contributed by atoms with Crippen LogP contribution in [0.4, 0.5) is 0 Å². The fourth-order valence-electron chi connectivity index (χ4n) is 0.413. The first-order valence-corrected chi connectivity index (χ1v) is 4.42. The Kier molecular flexibility index (Phi) is 3.89. The molecule has 3 heteroatoms. The molecule has 0 aliphatic carbocycles. The molecule has 0 aliphatic rings. The van der Waals surface area contributed by atoms with E-state index < -0.39 is 9.41 Å². The molecule has 0 N–H and O–H groups in total. The van der Waals surface area contributed by atoms with Gasteiger partial charge in [-0.2, -0.15) is 0 Å². The van der Waals surface area contributed by atoms with Gasteiger partial charge in [0.25, 0.3) is 9.41 Å². The second-order valence-corrected chi connectivity index (χ2v) is 3.83. The van der Waals surface area contributed by atoms with Crippen LogP contribution in [0.25, 0.3) is 0 Å². The van der Waals surface area contributed by atoms with Gasteiger partial charge in [0.1, 0.15) is 0 Å². The van der Waals surface area contributed by atoms with E-state index in [4.69, 9.17) is 4.74 Å². The van der Waals surface area contributed by atoms with E-state index in [-0.39, 0.29) is 5.60 Å². The molecule has 0 aromatic rings. The largest absolute Gasteiger partial charge is 0.392 e. The smallest absolute Gasteiger partial charge is 0.263 e. The summed E-state index contributed by atoms with van der Waals surface area (Å²) < 4.78 is 15.3. The lowest BCUT2D eigenvalue weighted by molar-refractivity contribution is 0.00518. The van der Waals surface area contributed by atoms with E-state index in [0.717, 1.165) is 0 Å². The Bertz CT molecular complexity index is 85.5. The zero-order valence-electron chi connectivity index (χ0n) is 6.31. The van der Waals surface area contributed by atoms with Gasteiger partial charge in [-0.25, -0.2) is 0 Å². The van der Waals surface area contributed by atoms with Gasteiger partial charge in [-0.15, -0.1) is 0 Å². The standard InChI is InChI=1S/C6H14O2Si/c1-6(2,3)8-4-5-9-7/h9H,4-5H2,1-3H3. The van der Waals surface area contributed by atoms with Gasteiger partial charge in [-0.3, -0.25) is 0 Å². The van der Waals surface area contributed by atoms with Crippen molar-refractivity contribution in [2.24, 2.45) is 0 Å². The van der Waals surface area contributed by atoms with Gasteiger partial charge < -0.3 is 9.20 Å². The highest BCUT2D eigenvalue weighted by Gasteiger charge is 2.08. The Labute approximate surface area is 58.5 Å². The lowest BCUT2D eigenvalue weighted by Crippen LogP contribution is -2.19. The molecule has 0 unspecified atom stereocenters. The molecule has 54 valence electrons. The summed E-state index contributed by atoms with van der Waals surface area (Å²) in [4.78, 5) is 0. The fourth-order valence-corrected chi connectivity index (χ4v) is 0.627. The zero-order chi connectivity index (χ0) is 7.33. The molecule has 0 spiro atoms. The monoisotopic (exact) mass is 146 g/mol. The highest BCUT2D eigenvalue weighted by Crippen LogP contribution is 2.05. The molecule has 0 aromatic heterocycles. The Hall–Kier alpha value is -0.0231. The van der Waals surface area contributed by atoms with Crippen molar-refractivity contribution in [2.75, 3.05) is 6.61 Å². The van der Waals surface area contributed by atoms with Crippen molar-refractivity contribution in [1.82, 2.24) is 0 Å². The highest BCUT2D eigenvalue weighted by atomic mass is 28.2. The van der Waals surface area contributed by atoms with Gasteiger partial charge in [0.2, 0.25) is 0 Å². The highest BCUT2D eigenvalue weighted by molar-refractivity contribution is 6.16. The molecule has 0 radical (unpaired) electrons. The first kappa shape index (κ1) is 8.98. The predicted molar refractivity (Wildman–Crippen MR) is 38.3 cm³/mol. The van der Waals surface area contributed by atoms with Crippen molar-refractivity contribution in [3.8, 4) is 0 Å². The molecule has 0 amide bonds. The predicted octanol–water partition coefficient (Wildman–Crippen LogP) is 1.00. The lowest BCUT2D eigenvalue weighted by Gasteiger charge is -2.18. The van der Waals surface area contributed by atoms with Gasteiger partial charge in [0, 0.05) is 6.04 Å². The van der Waals surface area contributed by atoms with Crippen LogP contribution in [0.2, 0.25) is 6.04 Å². The number of rotatable bonds is 3. The summed E-state index contributed by atoms with van der Waals surface area (Å²) in [5.41, 5.74) is -0.0748. The van der Waals surface area contributed by atoms with Crippen LogP contribution >= 0.6 is 0 Å². The molecule has 0 heterocycles. The summed E-state index contributed by atoms with van der Waals surface area (Å²) in [7, 11) is -0.631. The lowest BCUT2D eigenvalue weighted by atomic mass is 10.2. The second-order valence-electron chi connectivity index (χ2n) is 2.92. The summed E-state index contributed by atoms with van der Waals surface area (Å²) in [6, 6.07) is 0.706. The van der Waals surface area contributed by atoms with Crippen molar-refractivity contribution in [2.45, 2.75) is 32.4 Å².